The summed E-state index contributed by atoms with van der Waals surface area (Å²) in [5.41, 5.74) is 0. The average molecular weight is 196 g/mol. The molecule has 2 fully saturated rings. The predicted octanol–water partition coefficient (Wildman–Crippen LogP) is 2.03. The average Bonchev–Trinajstić information content (AvgIpc) is 2.93. The van der Waals surface area contributed by atoms with Crippen molar-refractivity contribution in [1.82, 2.24) is 10.6 Å². The maximum Gasteiger partial charge on any atom is 0.315 e. The van der Waals surface area contributed by atoms with Crippen LogP contribution in [0.3, 0.4) is 0 Å². The standard InChI is InChI=1S/C11H20N2O/c1-8-2-4-9(5-3-8)12-11(14)13-10-6-7-10/h8-10H,2-7H2,1H3,(H2,12,13,14). The quantitative estimate of drug-likeness (QED) is 0.697. The van der Waals surface area contributed by atoms with E-state index in [0.717, 1.165) is 31.6 Å². The first-order chi connectivity index (χ1) is 6.74. The maximum absolute atomic E-state index is 11.4. The fourth-order valence-corrected chi connectivity index (χ4v) is 2.04. The van der Waals surface area contributed by atoms with E-state index in [1.807, 2.05) is 0 Å². The number of rotatable bonds is 2. The van der Waals surface area contributed by atoms with Crippen molar-refractivity contribution in [3.8, 4) is 0 Å². The number of hydrogen-bond donors (Lipinski definition) is 2. The second-order valence-electron chi connectivity index (χ2n) is 4.85. The first-order valence-corrected chi connectivity index (χ1v) is 5.81. The highest BCUT2D eigenvalue weighted by molar-refractivity contribution is 5.74. The molecule has 2 rings (SSSR count). The van der Waals surface area contributed by atoms with E-state index in [2.05, 4.69) is 17.6 Å². The largest absolute Gasteiger partial charge is 0.335 e. The lowest BCUT2D eigenvalue weighted by Crippen LogP contribution is -2.44. The van der Waals surface area contributed by atoms with Crippen LogP contribution in [0.1, 0.15) is 45.4 Å². The van der Waals surface area contributed by atoms with Crippen LogP contribution in [0.2, 0.25) is 0 Å². The minimum atomic E-state index is 0.0482. The Balaban J connectivity index is 1.66. The molecule has 0 aromatic rings. The summed E-state index contributed by atoms with van der Waals surface area (Å²) in [5, 5.41) is 6.02. The van der Waals surface area contributed by atoms with E-state index in [1.165, 1.54) is 12.8 Å². The van der Waals surface area contributed by atoms with Gasteiger partial charge < -0.3 is 10.6 Å². The van der Waals surface area contributed by atoms with E-state index in [0.29, 0.717) is 12.1 Å². The van der Waals surface area contributed by atoms with Gasteiger partial charge in [-0.1, -0.05) is 6.92 Å². The predicted molar refractivity (Wildman–Crippen MR) is 56.1 cm³/mol. The number of carbonyl (C=O) groups is 1. The molecule has 3 heteroatoms. The highest BCUT2D eigenvalue weighted by Gasteiger charge is 2.25. The van der Waals surface area contributed by atoms with Crippen molar-refractivity contribution in [2.75, 3.05) is 0 Å². The molecule has 2 saturated carbocycles. The van der Waals surface area contributed by atoms with Gasteiger partial charge in [0.2, 0.25) is 0 Å². The molecule has 0 atom stereocenters. The molecular weight excluding hydrogens is 176 g/mol. The zero-order chi connectivity index (χ0) is 9.97. The van der Waals surface area contributed by atoms with Gasteiger partial charge in [0.1, 0.15) is 0 Å². The highest BCUT2D eigenvalue weighted by atomic mass is 16.2. The lowest BCUT2D eigenvalue weighted by atomic mass is 9.87. The summed E-state index contributed by atoms with van der Waals surface area (Å²) in [6, 6.07) is 0.939. The Hall–Kier alpha value is -0.730. The van der Waals surface area contributed by atoms with Gasteiger partial charge in [-0.15, -0.1) is 0 Å². The number of carbonyl (C=O) groups excluding carboxylic acids is 1. The first kappa shape index (κ1) is 9.81. The molecule has 14 heavy (non-hydrogen) atoms. The molecule has 0 bridgehead atoms. The Morgan fingerprint density at radius 1 is 0.929 bits per heavy atom. The molecular formula is C11H20N2O. The zero-order valence-corrected chi connectivity index (χ0v) is 8.88. The van der Waals surface area contributed by atoms with Gasteiger partial charge in [0.25, 0.3) is 0 Å². The van der Waals surface area contributed by atoms with Crippen LogP contribution in [0, 0.1) is 5.92 Å². The van der Waals surface area contributed by atoms with Crippen molar-refractivity contribution in [3.05, 3.63) is 0 Å². The van der Waals surface area contributed by atoms with Crippen LogP contribution in [-0.2, 0) is 0 Å². The molecule has 80 valence electrons. The Kier molecular flexibility index (Phi) is 2.94. The SMILES string of the molecule is CC1CCC(NC(=O)NC2CC2)CC1. The van der Waals surface area contributed by atoms with Gasteiger partial charge in [-0.25, -0.2) is 4.79 Å². The third-order valence-electron chi connectivity index (χ3n) is 3.26. The van der Waals surface area contributed by atoms with Crippen molar-refractivity contribution >= 4 is 6.03 Å². The Morgan fingerprint density at radius 2 is 1.36 bits per heavy atom. The van der Waals surface area contributed by atoms with E-state index in [4.69, 9.17) is 0 Å². The smallest absolute Gasteiger partial charge is 0.315 e. The highest BCUT2D eigenvalue weighted by Crippen LogP contribution is 2.23. The molecule has 2 aliphatic carbocycles. The summed E-state index contributed by atoms with van der Waals surface area (Å²) in [5.74, 6) is 0.847. The third kappa shape index (κ3) is 2.89. The topological polar surface area (TPSA) is 41.1 Å². The number of urea groups is 1. The van der Waals surface area contributed by atoms with Crippen LogP contribution in [0.25, 0.3) is 0 Å². The second kappa shape index (κ2) is 4.20. The van der Waals surface area contributed by atoms with Gasteiger partial charge >= 0.3 is 6.03 Å². The summed E-state index contributed by atoms with van der Waals surface area (Å²) in [7, 11) is 0. The van der Waals surface area contributed by atoms with E-state index in [9.17, 15) is 4.79 Å². The molecule has 0 spiro atoms. The van der Waals surface area contributed by atoms with Crippen molar-refractivity contribution in [2.24, 2.45) is 5.92 Å². The Bertz CT molecular complexity index is 205. The molecule has 0 saturated heterocycles. The molecule has 0 heterocycles. The van der Waals surface area contributed by atoms with Crippen LogP contribution in [0.15, 0.2) is 0 Å². The van der Waals surface area contributed by atoms with Gasteiger partial charge in [0.05, 0.1) is 0 Å². The molecule has 0 radical (unpaired) electrons. The van der Waals surface area contributed by atoms with Gasteiger partial charge in [0.15, 0.2) is 0 Å². The third-order valence-corrected chi connectivity index (χ3v) is 3.26. The lowest BCUT2D eigenvalue weighted by molar-refractivity contribution is 0.228. The fourth-order valence-electron chi connectivity index (χ4n) is 2.04. The number of amides is 2. The van der Waals surface area contributed by atoms with E-state index >= 15 is 0 Å². The molecule has 0 aliphatic heterocycles. The van der Waals surface area contributed by atoms with Crippen LogP contribution in [-0.4, -0.2) is 18.1 Å². The molecule has 2 aliphatic rings. The first-order valence-electron chi connectivity index (χ1n) is 5.81. The number of hydrogen-bond acceptors (Lipinski definition) is 1. The monoisotopic (exact) mass is 196 g/mol. The molecule has 2 N–H and O–H groups in total. The van der Waals surface area contributed by atoms with Crippen molar-refractivity contribution in [3.63, 3.8) is 0 Å². The minimum Gasteiger partial charge on any atom is -0.335 e. The minimum absolute atomic E-state index is 0.0482. The molecule has 0 unspecified atom stereocenters. The fraction of sp³-hybridized carbons (Fsp3) is 0.909. The summed E-state index contributed by atoms with van der Waals surface area (Å²) >= 11 is 0. The summed E-state index contributed by atoms with van der Waals surface area (Å²) in [6.45, 7) is 2.29. The second-order valence-corrected chi connectivity index (χ2v) is 4.85. The zero-order valence-electron chi connectivity index (χ0n) is 8.88. The Morgan fingerprint density at radius 3 is 1.79 bits per heavy atom. The lowest BCUT2D eigenvalue weighted by Gasteiger charge is -2.26. The van der Waals surface area contributed by atoms with Gasteiger partial charge in [0, 0.05) is 12.1 Å². The molecule has 0 aromatic carbocycles. The van der Waals surface area contributed by atoms with Crippen molar-refractivity contribution < 1.29 is 4.79 Å². The van der Waals surface area contributed by atoms with Crippen LogP contribution >= 0.6 is 0 Å². The Labute approximate surface area is 85.6 Å². The normalized spacial score (nSPS) is 32.4. The van der Waals surface area contributed by atoms with E-state index < -0.39 is 0 Å². The van der Waals surface area contributed by atoms with Gasteiger partial charge in [-0.3, -0.25) is 0 Å². The summed E-state index contributed by atoms with van der Waals surface area (Å²) in [6.07, 6.45) is 7.14. The summed E-state index contributed by atoms with van der Waals surface area (Å²) in [4.78, 5) is 11.4. The van der Waals surface area contributed by atoms with E-state index in [1.54, 1.807) is 0 Å². The van der Waals surface area contributed by atoms with Gasteiger partial charge in [-0.2, -0.15) is 0 Å². The van der Waals surface area contributed by atoms with Crippen LogP contribution in [0.4, 0.5) is 4.79 Å². The maximum atomic E-state index is 11.4. The molecule has 0 aromatic heterocycles. The van der Waals surface area contributed by atoms with Crippen molar-refractivity contribution in [2.45, 2.75) is 57.5 Å². The molecule has 3 nitrogen and oxygen atoms in total. The summed E-state index contributed by atoms with van der Waals surface area (Å²) < 4.78 is 0. The van der Waals surface area contributed by atoms with Gasteiger partial charge in [-0.05, 0) is 44.4 Å². The van der Waals surface area contributed by atoms with Crippen molar-refractivity contribution in [1.29, 1.82) is 0 Å². The van der Waals surface area contributed by atoms with Crippen LogP contribution < -0.4 is 10.6 Å². The number of nitrogens with one attached hydrogen (secondary N) is 2. The van der Waals surface area contributed by atoms with E-state index in [-0.39, 0.29) is 6.03 Å². The van der Waals surface area contributed by atoms with Crippen LogP contribution in [0.5, 0.6) is 0 Å². The molecule has 2 amide bonds.